The molecule has 0 radical (unpaired) electrons. The molecule has 0 saturated heterocycles. The summed E-state index contributed by atoms with van der Waals surface area (Å²) in [5.41, 5.74) is 8.92. The van der Waals surface area contributed by atoms with E-state index in [9.17, 15) is 4.39 Å². The highest BCUT2D eigenvalue weighted by molar-refractivity contribution is 7.16. The minimum atomic E-state index is -0.357. The van der Waals surface area contributed by atoms with Crippen molar-refractivity contribution in [2.24, 2.45) is 0 Å². The number of aryl methyl sites for hydroxylation is 1. The smallest absolute Gasteiger partial charge is 0.147 e. The predicted molar refractivity (Wildman–Crippen MR) is 48.7 cm³/mol. The van der Waals surface area contributed by atoms with E-state index in [1.165, 1.54) is 17.4 Å². The van der Waals surface area contributed by atoms with E-state index in [1.54, 1.807) is 12.4 Å². The average Bonchev–Trinajstić information content (AvgIpc) is 2.48. The molecule has 1 heterocycles. The second-order valence-corrected chi connectivity index (χ2v) is 3.48. The van der Waals surface area contributed by atoms with E-state index in [0.29, 0.717) is 0 Å². The summed E-state index contributed by atoms with van der Waals surface area (Å²) in [6.07, 6.45) is 0. The molecule has 62 valence electrons. The summed E-state index contributed by atoms with van der Waals surface area (Å²) in [7, 11) is 0. The summed E-state index contributed by atoms with van der Waals surface area (Å²) in [6.45, 7) is 1.78. The zero-order valence-electron chi connectivity index (χ0n) is 6.47. The Morgan fingerprint density at radius 1 is 1.58 bits per heavy atom. The number of nitrogens with two attached hydrogens (primary N) is 1. The molecule has 1 aromatic heterocycles. The van der Waals surface area contributed by atoms with Crippen LogP contribution in [0.25, 0.3) is 10.2 Å². The van der Waals surface area contributed by atoms with Gasteiger partial charge in [0.1, 0.15) is 5.82 Å². The number of halogens is 1. The molecule has 0 spiro atoms. The van der Waals surface area contributed by atoms with Gasteiger partial charge in [-0.1, -0.05) is 0 Å². The number of nitrogens with zero attached hydrogens (tertiary/aromatic N) is 1. The van der Waals surface area contributed by atoms with Gasteiger partial charge in [-0.2, -0.15) is 0 Å². The normalized spacial score (nSPS) is 10.8. The third-order valence-corrected chi connectivity index (χ3v) is 2.65. The van der Waals surface area contributed by atoms with Gasteiger partial charge in [-0.25, -0.2) is 9.37 Å². The van der Waals surface area contributed by atoms with E-state index < -0.39 is 0 Å². The van der Waals surface area contributed by atoms with E-state index in [0.717, 1.165) is 15.8 Å². The Hall–Kier alpha value is -1.16. The zero-order chi connectivity index (χ0) is 8.72. The number of aromatic nitrogens is 1. The van der Waals surface area contributed by atoms with Crippen LogP contribution in [0.1, 0.15) is 5.56 Å². The van der Waals surface area contributed by atoms with Crippen LogP contribution in [0.5, 0.6) is 0 Å². The molecule has 4 heteroatoms. The average molecular weight is 182 g/mol. The summed E-state index contributed by atoms with van der Waals surface area (Å²) in [4.78, 5) is 4.09. The number of fused-ring (bicyclic) bond motifs is 1. The zero-order valence-corrected chi connectivity index (χ0v) is 7.28. The largest absolute Gasteiger partial charge is 0.396 e. The fraction of sp³-hybridized carbons (Fsp3) is 0.125. The van der Waals surface area contributed by atoms with E-state index >= 15 is 0 Å². The van der Waals surface area contributed by atoms with Gasteiger partial charge in [0.2, 0.25) is 0 Å². The Labute approximate surface area is 72.8 Å². The van der Waals surface area contributed by atoms with Gasteiger partial charge in [0.15, 0.2) is 0 Å². The molecule has 0 saturated carbocycles. The Kier molecular flexibility index (Phi) is 1.51. The quantitative estimate of drug-likeness (QED) is 0.635. The van der Waals surface area contributed by atoms with Crippen LogP contribution in [-0.2, 0) is 0 Å². The van der Waals surface area contributed by atoms with Crippen LogP contribution in [-0.4, -0.2) is 4.98 Å². The Morgan fingerprint density at radius 3 is 3.08 bits per heavy atom. The van der Waals surface area contributed by atoms with Crippen molar-refractivity contribution in [2.75, 3.05) is 5.73 Å². The number of thiazole rings is 1. The predicted octanol–water partition coefficient (Wildman–Crippen LogP) is 2.33. The summed E-state index contributed by atoms with van der Waals surface area (Å²) < 4.78 is 13.9. The molecule has 0 unspecified atom stereocenters. The lowest BCUT2D eigenvalue weighted by Gasteiger charge is -2.00. The first-order valence-corrected chi connectivity index (χ1v) is 4.36. The van der Waals surface area contributed by atoms with Crippen molar-refractivity contribution < 1.29 is 4.39 Å². The van der Waals surface area contributed by atoms with Crippen LogP contribution >= 0.6 is 11.3 Å². The van der Waals surface area contributed by atoms with Crippen LogP contribution < -0.4 is 5.73 Å². The third-order valence-electron chi connectivity index (χ3n) is 1.87. The van der Waals surface area contributed by atoms with Gasteiger partial charge in [-0.3, -0.25) is 0 Å². The fourth-order valence-corrected chi connectivity index (χ4v) is 1.90. The lowest BCUT2D eigenvalue weighted by Crippen LogP contribution is -1.94. The molecule has 1 aromatic carbocycles. The highest BCUT2D eigenvalue weighted by Crippen LogP contribution is 2.27. The molecule has 2 nitrogen and oxygen atoms in total. The van der Waals surface area contributed by atoms with Gasteiger partial charge < -0.3 is 5.73 Å². The second-order valence-electron chi connectivity index (χ2n) is 2.60. The first-order valence-electron chi connectivity index (χ1n) is 3.48. The molecule has 2 aromatic rings. The van der Waals surface area contributed by atoms with Crippen molar-refractivity contribution in [3.8, 4) is 0 Å². The van der Waals surface area contributed by atoms with Crippen LogP contribution in [0.4, 0.5) is 10.1 Å². The minimum absolute atomic E-state index is 0.202. The lowest BCUT2D eigenvalue weighted by atomic mass is 10.2. The summed E-state index contributed by atoms with van der Waals surface area (Å²) >= 11 is 1.42. The molecular formula is C8H7FN2S. The van der Waals surface area contributed by atoms with E-state index in [1.807, 2.05) is 0 Å². The molecule has 0 amide bonds. The van der Waals surface area contributed by atoms with Crippen LogP contribution in [0, 0.1) is 12.7 Å². The maximum atomic E-state index is 13.0. The number of nitrogen functional groups attached to an aromatic ring is 1. The van der Waals surface area contributed by atoms with Gasteiger partial charge in [0.25, 0.3) is 0 Å². The summed E-state index contributed by atoms with van der Waals surface area (Å²) in [6, 6.07) is 1.43. The molecular weight excluding hydrogens is 175 g/mol. The summed E-state index contributed by atoms with van der Waals surface area (Å²) in [5.74, 6) is -0.357. The SMILES string of the molecule is Cc1c(N)c(F)cc2scnc12. The maximum Gasteiger partial charge on any atom is 0.147 e. The molecule has 2 rings (SSSR count). The highest BCUT2D eigenvalue weighted by Gasteiger charge is 2.08. The first kappa shape index (κ1) is 7.49. The van der Waals surface area contributed by atoms with Gasteiger partial charge in [-0.15, -0.1) is 11.3 Å². The molecule has 2 N–H and O–H groups in total. The number of benzene rings is 1. The van der Waals surface area contributed by atoms with E-state index in [-0.39, 0.29) is 11.5 Å². The Balaban J connectivity index is 2.94. The van der Waals surface area contributed by atoms with Gasteiger partial charge in [0.05, 0.1) is 21.4 Å². The molecule has 0 atom stereocenters. The van der Waals surface area contributed by atoms with E-state index in [4.69, 9.17) is 5.73 Å². The molecule has 0 aliphatic rings. The molecule has 0 fully saturated rings. The third kappa shape index (κ3) is 0.881. The van der Waals surface area contributed by atoms with Crippen molar-refractivity contribution in [2.45, 2.75) is 6.92 Å². The molecule has 0 aliphatic carbocycles. The Bertz CT molecular complexity index is 436. The Morgan fingerprint density at radius 2 is 2.33 bits per heavy atom. The van der Waals surface area contributed by atoms with Gasteiger partial charge >= 0.3 is 0 Å². The number of rotatable bonds is 0. The van der Waals surface area contributed by atoms with Gasteiger partial charge in [0, 0.05) is 5.56 Å². The van der Waals surface area contributed by atoms with Crippen molar-refractivity contribution in [1.29, 1.82) is 0 Å². The minimum Gasteiger partial charge on any atom is -0.396 e. The number of anilines is 1. The standard InChI is InChI=1S/C8H7FN2S/c1-4-7(10)5(9)2-6-8(4)11-3-12-6/h2-3H,10H2,1H3. The fourth-order valence-electron chi connectivity index (χ4n) is 1.14. The second kappa shape index (κ2) is 2.42. The summed E-state index contributed by atoms with van der Waals surface area (Å²) in [5, 5.41) is 0. The maximum absolute atomic E-state index is 13.0. The number of hydrogen-bond acceptors (Lipinski definition) is 3. The van der Waals surface area contributed by atoms with Crippen molar-refractivity contribution in [1.82, 2.24) is 4.98 Å². The van der Waals surface area contributed by atoms with Crippen LogP contribution in [0.3, 0.4) is 0 Å². The molecule has 12 heavy (non-hydrogen) atoms. The number of hydrogen-bond donors (Lipinski definition) is 1. The van der Waals surface area contributed by atoms with E-state index in [2.05, 4.69) is 4.98 Å². The lowest BCUT2D eigenvalue weighted by molar-refractivity contribution is 0.633. The molecule has 0 aliphatic heterocycles. The monoisotopic (exact) mass is 182 g/mol. The van der Waals surface area contributed by atoms with Crippen LogP contribution in [0.2, 0.25) is 0 Å². The first-order chi connectivity index (χ1) is 5.70. The molecule has 0 bridgehead atoms. The van der Waals surface area contributed by atoms with Gasteiger partial charge in [-0.05, 0) is 13.0 Å². The van der Waals surface area contributed by atoms with Crippen LogP contribution in [0.15, 0.2) is 11.6 Å². The van der Waals surface area contributed by atoms with Crippen molar-refractivity contribution >= 4 is 27.2 Å². The topological polar surface area (TPSA) is 38.9 Å². The van der Waals surface area contributed by atoms with Crippen molar-refractivity contribution in [3.05, 3.63) is 23.0 Å². The highest BCUT2D eigenvalue weighted by atomic mass is 32.1. The van der Waals surface area contributed by atoms with Crippen molar-refractivity contribution in [3.63, 3.8) is 0 Å².